The van der Waals surface area contributed by atoms with Gasteiger partial charge in [-0.3, -0.25) is 4.79 Å². The van der Waals surface area contributed by atoms with E-state index in [4.69, 9.17) is 10.5 Å². The average Bonchev–Trinajstić information content (AvgIpc) is 3.35. The lowest BCUT2D eigenvalue weighted by atomic mass is 10.2. The summed E-state index contributed by atoms with van der Waals surface area (Å²) in [5, 5.41) is 4.55. The largest absolute Gasteiger partial charge is 0.494 e. The summed E-state index contributed by atoms with van der Waals surface area (Å²) in [6.45, 7) is 1.74. The van der Waals surface area contributed by atoms with Gasteiger partial charge in [-0.25, -0.2) is 9.67 Å². The molecule has 2 N–H and O–H groups in total. The summed E-state index contributed by atoms with van der Waals surface area (Å²) in [6, 6.07) is 16.7. The van der Waals surface area contributed by atoms with Gasteiger partial charge >= 0.3 is 0 Å². The van der Waals surface area contributed by atoms with Crippen molar-refractivity contribution in [2.75, 3.05) is 25.1 Å². The molecule has 156 valence electrons. The van der Waals surface area contributed by atoms with Crippen LogP contribution in [0.5, 0.6) is 5.75 Å². The second-order valence-corrected chi connectivity index (χ2v) is 6.90. The topological polar surface area (TPSA) is 85.7 Å². The molecule has 0 amide bonds. The Hall–Kier alpha value is -4.13. The van der Waals surface area contributed by atoms with Crippen LogP contribution >= 0.6 is 0 Å². The molecular weight excluding hydrogens is 390 g/mol. The number of nitrogens with two attached hydrogens (primary N) is 1. The molecule has 31 heavy (non-hydrogen) atoms. The molecule has 7 heteroatoms. The zero-order valence-electron chi connectivity index (χ0n) is 17.2. The second kappa shape index (κ2) is 9.13. The number of para-hydroxylation sites is 1. The van der Waals surface area contributed by atoms with E-state index in [-0.39, 0.29) is 11.1 Å². The minimum absolute atomic E-state index is 0.197. The SMILES string of the molecule is COc1cc(N2CC=CC2)ccc1-n1ccc(=O)c(C(C=CN)=Nc2ccccc2)n1. The van der Waals surface area contributed by atoms with Crippen molar-refractivity contribution >= 4 is 17.1 Å². The lowest BCUT2D eigenvalue weighted by Gasteiger charge is -2.20. The predicted molar refractivity (Wildman–Crippen MR) is 124 cm³/mol. The highest BCUT2D eigenvalue weighted by Crippen LogP contribution is 2.29. The zero-order chi connectivity index (χ0) is 21.6. The van der Waals surface area contributed by atoms with Crippen molar-refractivity contribution in [2.24, 2.45) is 10.7 Å². The Morgan fingerprint density at radius 3 is 2.61 bits per heavy atom. The fourth-order valence-electron chi connectivity index (χ4n) is 3.36. The predicted octanol–water partition coefficient (Wildman–Crippen LogP) is 3.21. The van der Waals surface area contributed by atoms with E-state index >= 15 is 0 Å². The maximum Gasteiger partial charge on any atom is 0.209 e. The van der Waals surface area contributed by atoms with Crippen LogP contribution in [0.15, 0.2) is 95.0 Å². The maximum atomic E-state index is 12.6. The summed E-state index contributed by atoms with van der Waals surface area (Å²) in [6.07, 6.45) is 8.80. The summed E-state index contributed by atoms with van der Waals surface area (Å²) >= 11 is 0. The molecule has 0 bridgehead atoms. The van der Waals surface area contributed by atoms with Crippen molar-refractivity contribution in [2.45, 2.75) is 0 Å². The first-order valence-electron chi connectivity index (χ1n) is 9.90. The number of ether oxygens (including phenoxy) is 1. The number of allylic oxidation sites excluding steroid dienone is 1. The lowest BCUT2D eigenvalue weighted by Crippen LogP contribution is -2.21. The smallest absolute Gasteiger partial charge is 0.209 e. The van der Waals surface area contributed by atoms with Crippen LogP contribution in [0.1, 0.15) is 5.69 Å². The molecular formula is C24H23N5O2. The third kappa shape index (κ3) is 4.40. The van der Waals surface area contributed by atoms with Gasteiger partial charge in [0.05, 0.1) is 18.5 Å². The van der Waals surface area contributed by atoms with Gasteiger partial charge in [0.1, 0.15) is 11.4 Å². The van der Waals surface area contributed by atoms with E-state index in [0.717, 1.165) is 24.5 Å². The highest BCUT2D eigenvalue weighted by atomic mass is 16.5. The molecule has 4 rings (SSSR count). The number of nitrogens with zero attached hydrogens (tertiary/aromatic N) is 4. The van der Waals surface area contributed by atoms with Crippen LogP contribution in [-0.4, -0.2) is 35.7 Å². The van der Waals surface area contributed by atoms with E-state index in [1.54, 1.807) is 24.1 Å². The van der Waals surface area contributed by atoms with Crippen LogP contribution in [0.2, 0.25) is 0 Å². The fraction of sp³-hybridized carbons (Fsp3) is 0.125. The number of hydrogen-bond acceptors (Lipinski definition) is 6. The first-order chi connectivity index (χ1) is 15.2. The van der Waals surface area contributed by atoms with Gasteiger partial charge in [-0.1, -0.05) is 30.4 Å². The Kier molecular flexibility index (Phi) is 5.93. The van der Waals surface area contributed by atoms with Gasteiger partial charge in [0.2, 0.25) is 5.43 Å². The Labute approximate surface area is 180 Å². The summed E-state index contributed by atoms with van der Waals surface area (Å²) in [4.78, 5) is 19.4. The molecule has 0 atom stereocenters. The minimum Gasteiger partial charge on any atom is -0.494 e. The molecule has 1 aliphatic rings. The third-order valence-electron chi connectivity index (χ3n) is 4.90. The standard InChI is InChI=1S/C24H23N5O2/c1-31-23-17-19(28-14-5-6-15-28)9-10-21(23)29-16-12-22(30)24(27-29)20(11-13-25)26-18-7-3-2-4-8-18/h2-13,16-17H,14-15,25H2,1H3. The van der Waals surface area contributed by atoms with Gasteiger partial charge in [0.15, 0.2) is 5.69 Å². The Morgan fingerprint density at radius 2 is 1.90 bits per heavy atom. The number of aliphatic imine (C=N–C) groups is 1. The summed E-state index contributed by atoms with van der Waals surface area (Å²) in [5.74, 6) is 0.655. The molecule has 0 radical (unpaired) electrons. The number of aromatic nitrogens is 2. The quantitative estimate of drug-likeness (QED) is 0.495. The molecule has 0 unspecified atom stereocenters. The first kappa shape index (κ1) is 20.2. The van der Waals surface area contributed by atoms with Crippen molar-refractivity contribution in [3.63, 3.8) is 0 Å². The zero-order valence-corrected chi connectivity index (χ0v) is 17.2. The van der Waals surface area contributed by atoms with Gasteiger partial charge in [-0.2, -0.15) is 5.10 Å². The van der Waals surface area contributed by atoms with Gasteiger partial charge in [0, 0.05) is 37.1 Å². The summed E-state index contributed by atoms with van der Waals surface area (Å²) < 4.78 is 7.24. The molecule has 3 aromatic rings. The molecule has 0 fully saturated rings. The molecule has 1 aliphatic heterocycles. The Balaban J connectivity index is 1.77. The Morgan fingerprint density at radius 1 is 1.13 bits per heavy atom. The second-order valence-electron chi connectivity index (χ2n) is 6.90. The minimum atomic E-state index is -0.247. The van der Waals surface area contributed by atoms with Gasteiger partial charge < -0.3 is 15.4 Å². The molecule has 7 nitrogen and oxygen atoms in total. The van der Waals surface area contributed by atoms with Gasteiger partial charge in [-0.15, -0.1) is 0 Å². The van der Waals surface area contributed by atoms with E-state index in [1.165, 1.54) is 12.3 Å². The highest BCUT2D eigenvalue weighted by Gasteiger charge is 2.15. The Bertz CT molecular complexity index is 1200. The maximum absolute atomic E-state index is 12.6. The fourth-order valence-corrected chi connectivity index (χ4v) is 3.36. The normalized spacial score (nSPS) is 13.8. The number of benzene rings is 2. The van der Waals surface area contributed by atoms with Crippen molar-refractivity contribution in [3.05, 3.63) is 101 Å². The average molecular weight is 413 g/mol. The molecule has 1 aromatic heterocycles. The summed E-state index contributed by atoms with van der Waals surface area (Å²) in [7, 11) is 1.62. The van der Waals surface area contributed by atoms with Gasteiger partial charge in [-0.05, 0) is 36.5 Å². The van der Waals surface area contributed by atoms with Crippen LogP contribution in [-0.2, 0) is 0 Å². The van der Waals surface area contributed by atoms with E-state index in [1.807, 2.05) is 48.5 Å². The number of hydrogen-bond donors (Lipinski definition) is 1. The molecule has 2 aromatic carbocycles. The van der Waals surface area contributed by atoms with E-state index in [2.05, 4.69) is 27.1 Å². The van der Waals surface area contributed by atoms with E-state index in [9.17, 15) is 4.79 Å². The van der Waals surface area contributed by atoms with E-state index < -0.39 is 0 Å². The van der Waals surface area contributed by atoms with Crippen molar-refractivity contribution in [1.82, 2.24) is 9.78 Å². The highest BCUT2D eigenvalue weighted by molar-refractivity contribution is 6.08. The lowest BCUT2D eigenvalue weighted by molar-refractivity contribution is 0.411. The summed E-state index contributed by atoms with van der Waals surface area (Å²) in [5.41, 5.74) is 8.42. The van der Waals surface area contributed by atoms with Crippen molar-refractivity contribution < 1.29 is 4.74 Å². The molecule has 0 aliphatic carbocycles. The molecule has 0 saturated heterocycles. The molecule has 0 saturated carbocycles. The number of methoxy groups -OCH3 is 1. The monoisotopic (exact) mass is 413 g/mol. The van der Waals surface area contributed by atoms with Gasteiger partial charge in [0.25, 0.3) is 0 Å². The van der Waals surface area contributed by atoms with Crippen molar-refractivity contribution in [1.29, 1.82) is 0 Å². The van der Waals surface area contributed by atoms with Crippen LogP contribution in [0.4, 0.5) is 11.4 Å². The van der Waals surface area contributed by atoms with Crippen LogP contribution < -0.4 is 20.8 Å². The van der Waals surface area contributed by atoms with Crippen LogP contribution in [0, 0.1) is 0 Å². The molecule has 0 spiro atoms. The first-order valence-corrected chi connectivity index (χ1v) is 9.90. The number of rotatable bonds is 6. The molecule has 2 heterocycles. The third-order valence-corrected chi connectivity index (χ3v) is 4.90. The van der Waals surface area contributed by atoms with Crippen LogP contribution in [0.25, 0.3) is 5.69 Å². The van der Waals surface area contributed by atoms with Crippen LogP contribution in [0.3, 0.4) is 0 Å². The van der Waals surface area contributed by atoms with Crippen molar-refractivity contribution in [3.8, 4) is 11.4 Å². The number of anilines is 1. The van der Waals surface area contributed by atoms with E-state index in [0.29, 0.717) is 17.1 Å².